The maximum absolute atomic E-state index is 13.7. The minimum absolute atomic E-state index is 0.140. The van der Waals surface area contributed by atoms with Crippen molar-refractivity contribution in [3.05, 3.63) is 35.1 Å². The van der Waals surface area contributed by atoms with E-state index in [0.29, 0.717) is 12.5 Å². The van der Waals surface area contributed by atoms with Crippen LogP contribution in [0.25, 0.3) is 0 Å². The largest absolute Gasteiger partial charge is 0.352 e. The Morgan fingerprint density at radius 2 is 2.10 bits per heavy atom. The minimum atomic E-state index is -0.441. The summed E-state index contributed by atoms with van der Waals surface area (Å²) in [7, 11) is 0. The second-order valence-corrected chi connectivity index (χ2v) is 5.57. The van der Waals surface area contributed by atoms with Gasteiger partial charge in [-0.2, -0.15) is 0 Å². The first-order valence-corrected chi connectivity index (χ1v) is 7.37. The lowest BCUT2D eigenvalue weighted by Gasteiger charge is -2.31. The average molecular weight is 278 g/mol. The fourth-order valence-corrected chi connectivity index (χ4v) is 2.64. The molecular weight excluding hydrogens is 255 g/mol. The van der Waals surface area contributed by atoms with Crippen LogP contribution in [0, 0.1) is 18.7 Å². The number of nitrogens with one attached hydrogen (secondary N) is 1. The highest BCUT2D eigenvalue weighted by Gasteiger charge is 2.19. The van der Waals surface area contributed by atoms with Gasteiger partial charge in [0.05, 0.1) is 5.56 Å². The summed E-state index contributed by atoms with van der Waals surface area (Å²) in [5.41, 5.74) is 0.965. The van der Waals surface area contributed by atoms with E-state index < -0.39 is 5.82 Å². The van der Waals surface area contributed by atoms with Gasteiger partial charge in [0.2, 0.25) is 0 Å². The molecule has 0 spiro atoms. The normalized spacial score (nSPS) is 17.1. The summed E-state index contributed by atoms with van der Waals surface area (Å²) in [6.45, 7) is 7.90. The van der Waals surface area contributed by atoms with Crippen molar-refractivity contribution in [3.8, 4) is 0 Å². The van der Waals surface area contributed by atoms with E-state index in [0.717, 1.165) is 38.0 Å². The summed E-state index contributed by atoms with van der Waals surface area (Å²) in [4.78, 5) is 14.4. The van der Waals surface area contributed by atoms with Crippen molar-refractivity contribution in [2.45, 2.75) is 26.7 Å². The number of amides is 1. The van der Waals surface area contributed by atoms with Gasteiger partial charge in [0.15, 0.2) is 0 Å². The van der Waals surface area contributed by atoms with Gasteiger partial charge < -0.3 is 10.2 Å². The van der Waals surface area contributed by atoms with Crippen LogP contribution in [0.15, 0.2) is 18.2 Å². The molecule has 4 heteroatoms. The van der Waals surface area contributed by atoms with E-state index in [1.165, 1.54) is 6.07 Å². The van der Waals surface area contributed by atoms with Crippen LogP contribution in [0.4, 0.5) is 4.39 Å². The van der Waals surface area contributed by atoms with Gasteiger partial charge in [0.1, 0.15) is 5.82 Å². The van der Waals surface area contributed by atoms with Crippen LogP contribution in [0.2, 0.25) is 0 Å². The van der Waals surface area contributed by atoms with E-state index in [1.54, 1.807) is 12.1 Å². The molecular formula is C16H23FN2O. The molecule has 3 nitrogen and oxygen atoms in total. The quantitative estimate of drug-likeness (QED) is 0.918. The number of rotatable bonds is 4. The maximum Gasteiger partial charge on any atom is 0.254 e. The van der Waals surface area contributed by atoms with Crippen molar-refractivity contribution in [1.82, 2.24) is 10.2 Å². The Morgan fingerprint density at radius 1 is 1.40 bits per heavy atom. The molecule has 2 rings (SSSR count). The first-order chi connectivity index (χ1) is 9.60. The first-order valence-electron chi connectivity index (χ1n) is 7.37. The Labute approximate surface area is 120 Å². The van der Waals surface area contributed by atoms with E-state index in [2.05, 4.69) is 17.1 Å². The lowest BCUT2D eigenvalue weighted by Crippen LogP contribution is -2.38. The third kappa shape index (κ3) is 3.79. The predicted octanol–water partition coefficient (Wildman–Crippen LogP) is 2.60. The highest BCUT2D eigenvalue weighted by Crippen LogP contribution is 2.16. The molecule has 0 atom stereocenters. The van der Waals surface area contributed by atoms with Crippen LogP contribution in [0.1, 0.15) is 35.7 Å². The van der Waals surface area contributed by atoms with E-state index >= 15 is 0 Å². The summed E-state index contributed by atoms with van der Waals surface area (Å²) in [5.74, 6) is -0.237. The average Bonchev–Trinajstić information content (AvgIpc) is 2.45. The summed E-state index contributed by atoms with van der Waals surface area (Å²) in [5, 5.41) is 2.86. The van der Waals surface area contributed by atoms with Crippen molar-refractivity contribution >= 4 is 5.91 Å². The second kappa shape index (κ2) is 6.84. The Kier molecular flexibility index (Phi) is 5.12. The number of hydrogen-bond donors (Lipinski definition) is 1. The fraction of sp³-hybridized carbons (Fsp3) is 0.562. The molecule has 1 fully saturated rings. The van der Waals surface area contributed by atoms with Gasteiger partial charge in [-0.3, -0.25) is 4.79 Å². The van der Waals surface area contributed by atoms with Crippen molar-refractivity contribution in [3.63, 3.8) is 0 Å². The molecule has 1 aliphatic heterocycles. The van der Waals surface area contributed by atoms with Gasteiger partial charge in [0.25, 0.3) is 5.91 Å². The monoisotopic (exact) mass is 278 g/mol. The van der Waals surface area contributed by atoms with E-state index in [4.69, 9.17) is 0 Å². The molecule has 0 aliphatic carbocycles. The second-order valence-electron chi connectivity index (χ2n) is 5.57. The van der Waals surface area contributed by atoms with Gasteiger partial charge in [-0.25, -0.2) is 4.39 Å². The third-order valence-electron chi connectivity index (χ3n) is 4.07. The molecule has 1 aromatic carbocycles. The zero-order valence-electron chi connectivity index (χ0n) is 12.3. The van der Waals surface area contributed by atoms with Crippen molar-refractivity contribution in [2.24, 2.45) is 5.92 Å². The molecule has 20 heavy (non-hydrogen) atoms. The number of halogens is 1. The highest BCUT2D eigenvalue weighted by molar-refractivity contribution is 5.94. The van der Waals surface area contributed by atoms with Gasteiger partial charge in [0, 0.05) is 6.54 Å². The Morgan fingerprint density at radius 3 is 2.70 bits per heavy atom. The van der Waals surface area contributed by atoms with Crippen LogP contribution >= 0.6 is 0 Å². The molecule has 1 heterocycles. The number of carbonyl (C=O) groups excluding carboxylic acids is 1. The minimum Gasteiger partial charge on any atom is -0.352 e. The zero-order valence-corrected chi connectivity index (χ0v) is 12.3. The summed E-state index contributed by atoms with van der Waals surface area (Å²) < 4.78 is 13.7. The van der Waals surface area contributed by atoms with E-state index in [-0.39, 0.29) is 11.5 Å². The summed E-state index contributed by atoms with van der Waals surface area (Å²) in [6.07, 6.45) is 2.20. The SMILES string of the molecule is CCN1CCC(CNC(=O)c2ccc(C)cc2F)CC1. The molecule has 0 aromatic heterocycles. The molecule has 0 radical (unpaired) electrons. The molecule has 1 saturated heterocycles. The summed E-state index contributed by atoms with van der Waals surface area (Å²) in [6, 6.07) is 4.71. The maximum atomic E-state index is 13.7. The number of aryl methyl sites for hydroxylation is 1. The molecule has 0 bridgehead atoms. The Hall–Kier alpha value is -1.42. The Balaban J connectivity index is 1.83. The van der Waals surface area contributed by atoms with Crippen LogP contribution in [-0.4, -0.2) is 37.0 Å². The molecule has 1 aliphatic rings. The highest BCUT2D eigenvalue weighted by atomic mass is 19.1. The first kappa shape index (κ1) is 15.0. The molecule has 1 aromatic rings. The van der Waals surface area contributed by atoms with Crippen LogP contribution in [0.5, 0.6) is 0 Å². The van der Waals surface area contributed by atoms with Gasteiger partial charge in [-0.1, -0.05) is 13.0 Å². The van der Waals surface area contributed by atoms with Gasteiger partial charge in [-0.05, 0) is 63.0 Å². The number of likely N-dealkylation sites (tertiary alicyclic amines) is 1. The number of hydrogen-bond acceptors (Lipinski definition) is 2. The Bertz CT molecular complexity index is 468. The number of carbonyl (C=O) groups is 1. The van der Waals surface area contributed by atoms with Crippen molar-refractivity contribution in [1.29, 1.82) is 0 Å². The topological polar surface area (TPSA) is 32.3 Å². The predicted molar refractivity (Wildman–Crippen MR) is 78.3 cm³/mol. The molecule has 0 saturated carbocycles. The standard InChI is InChI=1S/C16H23FN2O/c1-3-19-8-6-13(7-9-19)11-18-16(20)14-5-4-12(2)10-15(14)17/h4-5,10,13H,3,6-9,11H2,1-2H3,(H,18,20). The van der Waals surface area contributed by atoms with E-state index in [1.807, 2.05) is 6.92 Å². The van der Waals surface area contributed by atoms with Gasteiger partial charge in [-0.15, -0.1) is 0 Å². The molecule has 1 amide bonds. The smallest absolute Gasteiger partial charge is 0.254 e. The molecule has 1 N–H and O–H groups in total. The number of nitrogens with zero attached hydrogens (tertiary/aromatic N) is 1. The van der Waals surface area contributed by atoms with Gasteiger partial charge >= 0.3 is 0 Å². The molecule has 0 unspecified atom stereocenters. The van der Waals surface area contributed by atoms with Crippen LogP contribution < -0.4 is 5.32 Å². The third-order valence-corrected chi connectivity index (χ3v) is 4.07. The molecule has 110 valence electrons. The number of piperidine rings is 1. The van der Waals surface area contributed by atoms with Crippen LogP contribution in [0.3, 0.4) is 0 Å². The summed E-state index contributed by atoms with van der Waals surface area (Å²) >= 11 is 0. The number of benzene rings is 1. The zero-order chi connectivity index (χ0) is 14.5. The van der Waals surface area contributed by atoms with Crippen LogP contribution in [-0.2, 0) is 0 Å². The lowest BCUT2D eigenvalue weighted by atomic mass is 9.96. The van der Waals surface area contributed by atoms with E-state index in [9.17, 15) is 9.18 Å². The fourth-order valence-electron chi connectivity index (χ4n) is 2.64. The van der Waals surface area contributed by atoms with Crippen molar-refractivity contribution in [2.75, 3.05) is 26.2 Å². The van der Waals surface area contributed by atoms with Crippen molar-refractivity contribution < 1.29 is 9.18 Å². The lowest BCUT2D eigenvalue weighted by molar-refractivity contribution is 0.0933.